The van der Waals surface area contributed by atoms with Crippen LogP contribution in [0, 0.1) is 5.92 Å². The molecule has 7 heteroatoms. The van der Waals surface area contributed by atoms with E-state index in [0.717, 1.165) is 30.5 Å². The molecule has 0 spiro atoms. The Balaban J connectivity index is 1.79. The molecule has 5 nitrogen and oxygen atoms in total. The topological polar surface area (TPSA) is 48.7 Å². The molecule has 1 aliphatic heterocycles. The summed E-state index contributed by atoms with van der Waals surface area (Å²) in [6, 6.07) is 1.69. The van der Waals surface area contributed by atoms with Gasteiger partial charge in [0.2, 0.25) is 5.88 Å². The van der Waals surface area contributed by atoms with Gasteiger partial charge in [0.25, 0.3) is 0 Å². The Labute approximate surface area is 124 Å². The van der Waals surface area contributed by atoms with E-state index in [1.54, 1.807) is 16.8 Å². The summed E-state index contributed by atoms with van der Waals surface area (Å²) in [6.07, 6.45) is 3.75. The van der Waals surface area contributed by atoms with E-state index in [-0.39, 0.29) is 0 Å². The van der Waals surface area contributed by atoms with Gasteiger partial charge in [-0.3, -0.25) is 0 Å². The number of hydrogen-bond acceptors (Lipinski definition) is 4. The van der Waals surface area contributed by atoms with Crippen LogP contribution >= 0.6 is 27.5 Å². The van der Waals surface area contributed by atoms with E-state index in [4.69, 9.17) is 21.1 Å². The van der Waals surface area contributed by atoms with Crippen molar-refractivity contribution in [2.45, 2.75) is 12.8 Å². The molecule has 0 aliphatic carbocycles. The van der Waals surface area contributed by atoms with E-state index in [2.05, 4.69) is 26.0 Å². The SMILES string of the molecule is Clc1cc(OCC2CCOCC2)n2ncc(Br)c2n1. The fraction of sp³-hybridized carbons (Fsp3) is 0.500. The Morgan fingerprint density at radius 3 is 3.05 bits per heavy atom. The molecule has 0 unspecified atom stereocenters. The quantitative estimate of drug-likeness (QED) is 0.802. The summed E-state index contributed by atoms with van der Waals surface area (Å²) in [7, 11) is 0. The minimum absolute atomic E-state index is 0.399. The van der Waals surface area contributed by atoms with Gasteiger partial charge in [0.15, 0.2) is 5.65 Å². The summed E-state index contributed by atoms with van der Waals surface area (Å²) in [5, 5.41) is 4.62. The number of ether oxygens (including phenoxy) is 2. The van der Waals surface area contributed by atoms with Crippen molar-refractivity contribution in [3.05, 3.63) is 21.9 Å². The molecule has 0 amide bonds. The van der Waals surface area contributed by atoms with Crippen LogP contribution in [0.4, 0.5) is 0 Å². The van der Waals surface area contributed by atoms with E-state index < -0.39 is 0 Å². The highest BCUT2D eigenvalue weighted by Crippen LogP contribution is 2.24. The molecule has 0 aromatic carbocycles. The lowest BCUT2D eigenvalue weighted by Gasteiger charge is -2.22. The van der Waals surface area contributed by atoms with Crippen molar-refractivity contribution in [1.29, 1.82) is 0 Å². The molecule has 0 atom stereocenters. The van der Waals surface area contributed by atoms with Gasteiger partial charge >= 0.3 is 0 Å². The van der Waals surface area contributed by atoms with Crippen LogP contribution in [0.5, 0.6) is 5.88 Å². The lowest BCUT2D eigenvalue weighted by atomic mass is 10.0. The summed E-state index contributed by atoms with van der Waals surface area (Å²) in [5.41, 5.74) is 0.662. The van der Waals surface area contributed by atoms with E-state index in [1.165, 1.54) is 0 Å². The van der Waals surface area contributed by atoms with Gasteiger partial charge in [-0.25, -0.2) is 4.98 Å². The largest absolute Gasteiger partial charge is 0.477 e. The third kappa shape index (κ3) is 2.85. The van der Waals surface area contributed by atoms with E-state index in [1.807, 2.05) is 0 Å². The first-order chi connectivity index (χ1) is 9.24. The van der Waals surface area contributed by atoms with Crippen molar-refractivity contribution in [2.75, 3.05) is 19.8 Å². The highest BCUT2D eigenvalue weighted by molar-refractivity contribution is 9.10. The van der Waals surface area contributed by atoms with Crippen LogP contribution in [0.3, 0.4) is 0 Å². The van der Waals surface area contributed by atoms with Crippen LogP contribution in [0.25, 0.3) is 5.65 Å². The summed E-state index contributed by atoms with van der Waals surface area (Å²) >= 11 is 9.39. The monoisotopic (exact) mass is 345 g/mol. The predicted octanol–water partition coefficient (Wildman–Crippen LogP) is 2.95. The summed E-state index contributed by atoms with van der Waals surface area (Å²) in [6.45, 7) is 2.28. The smallest absolute Gasteiger partial charge is 0.219 e. The lowest BCUT2D eigenvalue weighted by molar-refractivity contribution is 0.0486. The zero-order valence-electron chi connectivity index (χ0n) is 10.2. The molecule has 0 saturated carbocycles. The normalized spacial score (nSPS) is 16.9. The Morgan fingerprint density at radius 1 is 1.47 bits per heavy atom. The van der Waals surface area contributed by atoms with Crippen molar-refractivity contribution in [1.82, 2.24) is 14.6 Å². The van der Waals surface area contributed by atoms with Gasteiger partial charge in [-0.1, -0.05) is 11.6 Å². The van der Waals surface area contributed by atoms with Crippen molar-refractivity contribution in [2.24, 2.45) is 5.92 Å². The molecule has 0 N–H and O–H groups in total. The highest BCUT2D eigenvalue weighted by Gasteiger charge is 2.16. The Morgan fingerprint density at radius 2 is 2.26 bits per heavy atom. The third-order valence-corrected chi connectivity index (χ3v) is 3.93. The fourth-order valence-electron chi connectivity index (χ4n) is 2.10. The van der Waals surface area contributed by atoms with E-state index >= 15 is 0 Å². The second kappa shape index (κ2) is 5.64. The van der Waals surface area contributed by atoms with Gasteiger partial charge in [0, 0.05) is 19.3 Å². The van der Waals surface area contributed by atoms with Gasteiger partial charge in [0.1, 0.15) is 5.15 Å². The predicted molar refractivity (Wildman–Crippen MR) is 74.7 cm³/mol. The molecule has 1 fully saturated rings. The lowest BCUT2D eigenvalue weighted by Crippen LogP contribution is -2.22. The Hall–Kier alpha value is -0.850. The first-order valence-corrected chi connectivity index (χ1v) is 7.31. The van der Waals surface area contributed by atoms with Crippen molar-refractivity contribution < 1.29 is 9.47 Å². The van der Waals surface area contributed by atoms with Crippen LogP contribution in [-0.2, 0) is 4.74 Å². The second-order valence-corrected chi connectivity index (χ2v) is 5.75. The van der Waals surface area contributed by atoms with Crippen LogP contribution in [0.1, 0.15) is 12.8 Å². The highest BCUT2D eigenvalue weighted by atomic mass is 79.9. The van der Waals surface area contributed by atoms with Crippen LogP contribution in [0.2, 0.25) is 5.15 Å². The van der Waals surface area contributed by atoms with Crippen LogP contribution in [0.15, 0.2) is 16.7 Å². The molecule has 102 valence electrons. The maximum absolute atomic E-state index is 6.00. The van der Waals surface area contributed by atoms with Crippen molar-refractivity contribution >= 4 is 33.2 Å². The maximum atomic E-state index is 6.00. The maximum Gasteiger partial charge on any atom is 0.219 e. The van der Waals surface area contributed by atoms with Crippen LogP contribution in [-0.4, -0.2) is 34.4 Å². The van der Waals surface area contributed by atoms with Gasteiger partial charge in [0.05, 0.1) is 17.3 Å². The van der Waals surface area contributed by atoms with Crippen LogP contribution < -0.4 is 4.74 Å². The number of aromatic nitrogens is 3. The average Bonchev–Trinajstić information content (AvgIpc) is 2.79. The Bertz CT molecular complexity index is 584. The Kier molecular flexibility index (Phi) is 3.91. The minimum atomic E-state index is 0.399. The van der Waals surface area contributed by atoms with Gasteiger partial charge in [-0.15, -0.1) is 0 Å². The molecule has 3 rings (SSSR count). The summed E-state index contributed by atoms with van der Waals surface area (Å²) in [5.74, 6) is 1.14. The zero-order valence-corrected chi connectivity index (χ0v) is 12.5. The molecule has 19 heavy (non-hydrogen) atoms. The summed E-state index contributed by atoms with van der Waals surface area (Å²) in [4.78, 5) is 4.21. The standard InChI is InChI=1S/C12H13BrClN3O2/c13-9-6-15-17-11(5-10(14)16-12(9)17)19-7-8-1-3-18-4-2-8/h5-6,8H,1-4,7H2. The number of hydrogen-bond donors (Lipinski definition) is 0. The van der Waals surface area contributed by atoms with E-state index in [9.17, 15) is 0 Å². The zero-order chi connectivity index (χ0) is 13.2. The molecule has 1 saturated heterocycles. The molecule has 3 heterocycles. The summed E-state index contributed by atoms with van der Waals surface area (Å²) < 4.78 is 13.6. The minimum Gasteiger partial charge on any atom is -0.477 e. The fourth-order valence-corrected chi connectivity index (χ4v) is 2.62. The molecule has 0 bridgehead atoms. The molecule has 0 radical (unpaired) electrons. The first-order valence-electron chi connectivity index (χ1n) is 6.14. The number of fused-ring (bicyclic) bond motifs is 1. The van der Waals surface area contributed by atoms with Crippen molar-refractivity contribution in [3.8, 4) is 5.88 Å². The van der Waals surface area contributed by atoms with Gasteiger partial charge in [-0.05, 0) is 34.7 Å². The van der Waals surface area contributed by atoms with Gasteiger partial charge in [-0.2, -0.15) is 9.61 Å². The third-order valence-electron chi connectivity index (χ3n) is 3.17. The second-order valence-electron chi connectivity index (χ2n) is 4.51. The molecule has 1 aliphatic rings. The molecule has 2 aromatic rings. The molecular formula is C12H13BrClN3O2. The molecule has 2 aromatic heterocycles. The van der Waals surface area contributed by atoms with Crippen molar-refractivity contribution in [3.63, 3.8) is 0 Å². The molecular weight excluding hydrogens is 334 g/mol. The van der Waals surface area contributed by atoms with E-state index in [0.29, 0.717) is 29.2 Å². The number of halogens is 2. The number of nitrogens with zero attached hydrogens (tertiary/aromatic N) is 3. The van der Waals surface area contributed by atoms with Gasteiger partial charge < -0.3 is 9.47 Å². The number of rotatable bonds is 3. The first kappa shape index (κ1) is 13.1. The average molecular weight is 347 g/mol.